The van der Waals surface area contributed by atoms with Crippen molar-refractivity contribution < 1.29 is 19.1 Å². The maximum Gasteiger partial charge on any atom is 0.341 e. The Bertz CT molecular complexity index is 859. The summed E-state index contributed by atoms with van der Waals surface area (Å²) in [7, 11) is 0. The van der Waals surface area contributed by atoms with E-state index in [1.54, 1.807) is 27.7 Å². The molecule has 0 aliphatic carbocycles. The number of carbonyl (C=O) groups is 3. The molecule has 2 aromatic rings. The number of hydrogen-bond donors (Lipinski definition) is 2. The Hall–Kier alpha value is -2.67. The quantitative estimate of drug-likeness (QED) is 0.676. The Balaban J connectivity index is 2.34. The van der Waals surface area contributed by atoms with Gasteiger partial charge in [0.2, 0.25) is 5.91 Å². The van der Waals surface area contributed by atoms with E-state index in [9.17, 15) is 14.4 Å². The van der Waals surface area contributed by atoms with Crippen molar-refractivity contribution in [3.05, 3.63) is 51.9 Å². The number of anilines is 1. The van der Waals surface area contributed by atoms with E-state index in [-0.39, 0.29) is 35.9 Å². The van der Waals surface area contributed by atoms with Crippen LogP contribution in [-0.2, 0) is 9.53 Å². The maximum atomic E-state index is 12.8. The predicted octanol–water partition coefficient (Wildman–Crippen LogP) is 4.32. The number of benzene rings is 1. The van der Waals surface area contributed by atoms with E-state index in [0.29, 0.717) is 15.4 Å². The molecular formula is C21H26N2O4S. The molecule has 2 rings (SSSR count). The molecule has 7 heteroatoms. The zero-order valence-corrected chi connectivity index (χ0v) is 17.6. The number of hydrogen-bond acceptors (Lipinski definition) is 5. The molecule has 1 aromatic carbocycles. The lowest BCUT2D eigenvalue weighted by molar-refractivity contribution is -0.118. The molecule has 0 radical (unpaired) electrons. The third kappa shape index (κ3) is 4.98. The number of carbonyl (C=O) groups excluding carboxylic acids is 3. The van der Waals surface area contributed by atoms with E-state index >= 15 is 0 Å². The molecule has 1 heterocycles. The average Bonchev–Trinajstić information content (AvgIpc) is 2.98. The van der Waals surface area contributed by atoms with Crippen LogP contribution in [0.15, 0.2) is 30.3 Å². The average molecular weight is 403 g/mol. The third-order valence-electron chi connectivity index (χ3n) is 4.24. The fraction of sp³-hybridized carbons (Fsp3) is 0.381. The van der Waals surface area contributed by atoms with Gasteiger partial charge < -0.3 is 15.4 Å². The largest absolute Gasteiger partial charge is 0.462 e. The molecule has 0 aliphatic heterocycles. The molecule has 1 unspecified atom stereocenters. The first-order chi connectivity index (χ1) is 13.3. The Morgan fingerprint density at radius 2 is 1.75 bits per heavy atom. The smallest absolute Gasteiger partial charge is 0.341 e. The summed E-state index contributed by atoms with van der Waals surface area (Å²) in [4.78, 5) is 37.8. The summed E-state index contributed by atoms with van der Waals surface area (Å²) in [6, 6.07) is 9.40. The van der Waals surface area contributed by atoms with Gasteiger partial charge >= 0.3 is 5.97 Å². The van der Waals surface area contributed by atoms with Crippen molar-refractivity contribution in [2.24, 2.45) is 5.92 Å². The number of esters is 1. The summed E-state index contributed by atoms with van der Waals surface area (Å²) in [5.41, 5.74) is 1.71. The van der Waals surface area contributed by atoms with Crippen LogP contribution in [0, 0.1) is 12.8 Å². The minimum atomic E-state index is -0.550. The highest BCUT2D eigenvalue weighted by molar-refractivity contribution is 7.18. The van der Waals surface area contributed by atoms with Gasteiger partial charge in [0.15, 0.2) is 0 Å². The van der Waals surface area contributed by atoms with Crippen molar-refractivity contribution in [2.45, 2.75) is 40.7 Å². The van der Waals surface area contributed by atoms with Crippen LogP contribution in [-0.4, -0.2) is 24.4 Å². The van der Waals surface area contributed by atoms with Crippen molar-refractivity contribution >= 4 is 34.1 Å². The first-order valence-corrected chi connectivity index (χ1v) is 10.0. The van der Waals surface area contributed by atoms with Crippen LogP contribution in [0.5, 0.6) is 0 Å². The molecule has 1 atom stereocenters. The lowest BCUT2D eigenvalue weighted by Gasteiger charge is -2.14. The first-order valence-electron chi connectivity index (χ1n) is 9.23. The number of thiophene rings is 1. The lowest BCUT2D eigenvalue weighted by atomic mass is 10.1. The third-order valence-corrected chi connectivity index (χ3v) is 5.45. The molecule has 6 nitrogen and oxygen atoms in total. The first kappa shape index (κ1) is 21.6. The SMILES string of the molecule is CCOC(=O)c1c(NC(=O)C(C)C)sc(C(=O)NC(C)c2ccccc2)c1C. The summed E-state index contributed by atoms with van der Waals surface area (Å²) in [6.07, 6.45) is 0. The standard InChI is InChI=1S/C21H26N2O4S/c1-6-27-21(26)16-13(4)17(28-20(16)23-18(24)12(2)3)19(25)22-14(5)15-10-8-7-9-11-15/h7-12,14H,6H2,1-5H3,(H,22,25)(H,23,24). The van der Waals surface area contributed by atoms with Crippen molar-refractivity contribution in [1.82, 2.24) is 5.32 Å². The number of nitrogens with one attached hydrogen (secondary N) is 2. The Morgan fingerprint density at radius 3 is 2.32 bits per heavy atom. The minimum Gasteiger partial charge on any atom is -0.462 e. The van der Waals surface area contributed by atoms with Crippen LogP contribution in [0.1, 0.15) is 64.9 Å². The van der Waals surface area contributed by atoms with E-state index in [0.717, 1.165) is 16.9 Å². The molecule has 0 fully saturated rings. The van der Waals surface area contributed by atoms with Gasteiger partial charge in [0.1, 0.15) is 5.00 Å². The molecule has 0 spiro atoms. The van der Waals surface area contributed by atoms with Gasteiger partial charge in [0, 0.05) is 5.92 Å². The van der Waals surface area contributed by atoms with E-state index < -0.39 is 5.97 Å². The van der Waals surface area contributed by atoms with Gasteiger partial charge in [-0.1, -0.05) is 44.2 Å². The summed E-state index contributed by atoms with van der Waals surface area (Å²) in [5, 5.41) is 6.04. The molecule has 28 heavy (non-hydrogen) atoms. The molecule has 0 aliphatic rings. The molecule has 0 saturated heterocycles. The highest BCUT2D eigenvalue weighted by Crippen LogP contribution is 2.34. The van der Waals surface area contributed by atoms with Gasteiger partial charge in [-0.25, -0.2) is 4.79 Å². The zero-order chi connectivity index (χ0) is 20.8. The number of amides is 2. The van der Waals surface area contributed by atoms with Crippen LogP contribution in [0.4, 0.5) is 5.00 Å². The zero-order valence-electron chi connectivity index (χ0n) is 16.8. The van der Waals surface area contributed by atoms with Crippen LogP contribution in [0.2, 0.25) is 0 Å². The van der Waals surface area contributed by atoms with Crippen molar-refractivity contribution in [3.8, 4) is 0 Å². The second kappa shape index (κ2) is 9.50. The van der Waals surface area contributed by atoms with E-state index in [1.807, 2.05) is 37.3 Å². The van der Waals surface area contributed by atoms with Crippen LogP contribution in [0.3, 0.4) is 0 Å². The van der Waals surface area contributed by atoms with Crippen LogP contribution >= 0.6 is 11.3 Å². The normalized spacial score (nSPS) is 11.8. The second-order valence-corrected chi connectivity index (χ2v) is 7.75. The van der Waals surface area contributed by atoms with Crippen molar-refractivity contribution in [3.63, 3.8) is 0 Å². The van der Waals surface area contributed by atoms with E-state index in [4.69, 9.17) is 4.74 Å². The number of rotatable bonds is 7. The topological polar surface area (TPSA) is 84.5 Å². The Labute approximate surface area is 169 Å². The second-order valence-electron chi connectivity index (χ2n) is 6.73. The van der Waals surface area contributed by atoms with Gasteiger partial charge in [-0.05, 0) is 31.9 Å². The molecule has 0 bridgehead atoms. The molecule has 2 amide bonds. The number of ether oxygens (including phenoxy) is 1. The minimum absolute atomic E-state index is 0.199. The van der Waals surface area contributed by atoms with E-state index in [1.165, 1.54) is 0 Å². The fourth-order valence-corrected chi connectivity index (χ4v) is 3.71. The van der Waals surface area contributed by atoms with Gasteiger partial charge in [-0.15, -0.1) is 11.3 Å². The summed E-state index contributed by atoms with van der Waals surface area (Å²) in [6.45, 7) is 9.02. The fourth-order valence-electron chi connectivity index (χ4n) is 2.61. The highest BCUT2D eigenvalue weighted by Gasteiger charge is 2.27. The predicted molar refractivity (Wildman–Crippen MR) is 111 cm³/mol. The van der Waals surface area contributed by atoms with Crippen LogP contribution < -0.4 is 10.6 Å². The summed E-state index contributed by atoms with van der Waals surface area (Å²) < 4.78 is 5.12. The Kier molecular flexibility index (Phi) is 7.34. The van der Waals surface area contributed by atoms with E-state index in [2.05, 4.69) is 10.6 Å². The monoisotopic (exact) mass is 402 g/mol. The maximum absolute atomic E-state index is 12.8. The molecule has 0 saturated carbocycles. The van der Waals surface area contributed by atoms with Crippen LogP contribution in [0.25, 0.3) is 0 Å². The molecule has 2 N–H and O–H groups in total. The van der Waals surface area contributed by atoms with Gasteiger partial charge in [-0.3, -0.25) is 9.59 Å². The molecule has 150 valence electrons. The lowest BCUT2D eigenvalue weighted by Crippen LogP contribution is -2.26. The molecular weight excluding hydrogens is 376 g/mol. The van der Waals surface area contributed by atoms with Gasteiger partial charge in [0.25, 0.3) is 5.91 Å². The Morgan fingerprint density at radius 1 is 1.11 bits per heavy atom. The summed E-state index contributed by atoms with van der Waals surface area (Å²) in [5.74, 6) is -1.33. The highest BCUT2D eigenvalue weighted by atomic mass is 32.1. The van der Waals surface area contributed by atoms with Crippen molar-refractivity contribution in [2.75, 3.05) is 11.9 Å². The van der Waals surface area contributed by atoms with Crippen molar-refractivity contribution in [1.29, 1.82) is 0 Å². The van der Waals surface area contributed by atoms with Gasteiger partial charge in [-0.2, -0.15) is 0 Å². The summed E-state index contributed by atoms with van der Waals surface area (Å²) >= 11 is 1.09. The molecule has 1 aromatic heterocycles. The van der Waals surface area contributed by atoms with Gasteiger partial charge in [0.05, 0.1) is 23.1 Å².